The first-order chi connectivity index (χ1) is 44.8. The highest BCUT2D eigenvalue weighted by atomic mass is 16.8. The summed E-state index contributed by atoms with van der Waals surface area (Å²) in [7, 11) is 1.27. The number of aliphatic hydroxyl groups is 12. The summed E-state index contributed by atoms with van der Waals surface area (Å²) >= 11 is 0. The number of carbonyl (C=O) groups excluding carboxylic acids is 5. The molecule has 3 aromatic rings. The van der Waals surface area contributed by atoms with Gasteiger partial charge in [-0.1, -0.05) is 36.4 Å². The van der Waals surface area contributed by atoms with Crippen LogP contribution in [0.5, 0.6) is 17.2 Å². The molecule has 94 heavy (non-hydrogen) atoms. The third-order valence-corrected chi connectivity index (χ3v) is 15.5. The first kappa shape index (κ1) is 72.9. The normalized spacial score (nSPS) is 36.0. The maximum absolute atomic E-state index is 14.3. The van der Waals surface area contributed by atoms with Gasteiger partial charge in [0, 0.05) is 26.0 Å². The van der Waals surface area contributed by atoms with E-state index in [4.69, 9.17) is 71.1 Å². The molecule has 518 valence electrons. The first-order valence-electron chi connectivity index (χ1n) is 29.1. The lowest BCUT2D eigenvalue weighted by atomic mass is 9.95. The van der Waals surface area contributed by atoms with Crippen LogP contribution in [-0.4, -0.2) is 295 Å². The molecule has 24 atom stereocenters. The largest absolute Gasteiger partial charge is 0.508 e. The summed E-state index contributed by atoms with van der Waals surface area (Å²) in [5.74, 6) is -9.17. The SMILES string of the molecule is COc1cc(C=CC(=O)OCC2(OC3OC(COC(C)=O)C(OC(=O)C=Cc4ccc(O)cc4)C(OC4OC(COC(C)=O)C(O)C(OC5OC(CO)C(O)C(O)C5O)C4O)C3OC3OC(CO)C(O)C(O)C3O)OC(CO)C(O)C2OC(=O)c2ccccc2)ccc1O. The minimum Gasteiger partial charge on any atom is -0.508 e. The maximum Gasteiger partial charge on any atom is 0.338 e. The van der Waals surface area contributed by atoms with Gasteiger partial charge < -0.3 is 143 Å². The molecule has 5 aliphatic rings. The van der Waals surface area contributed by atoms with Crippen LogP contribution in [0.2, 0.25) is 0 Å². The lowest BCUT2D eigenvalue weighted by molar-refractivity contribution is -0.423. The Morgan fingerprint density at radius 1 is 0.500 bits per heavy atom. The Morgan fingerprint density at radius 2 is 1.02 bits per heavy atom. The van der Waals surface area contributed by atoms with Crippen molar-refractivity contribution in [2.45, 2.75) is 161 Å². The van der Waals surface area contributed by atoms with Crippen molar-refractivity contribution >= 4 is 42.0 Å². The minimum atomic E-state index is -3.03. The van der Waals surface area contributed by atoms with Gasteiger partial charge in [0.05, 0.1) is 32.5 Å². The molecule has 3 aromatic carbocycles. The number of methoxy groups -OCH3 is 1. The summed E-state index contributed by atoms with van der Waals surface area (Å²) in [5, 5.41) is 154. The van der Waals surface area contributed by atoms with E-state index in [0.717, 1.165) is 26.0 Å². The van der Waals surface area contributed by atoms with Crippen molar-refractivity contribution in [3.8, 4) is 17.2 Å². The minimum absolute atomic E-state index is 0.00402. The van der Waals surface area contributed by atoms with Gasteiger partial charge in [0.1, 0.15) is 129 Å². The second-order valence-electron chi connectivity index (χ2n) is 22.0. The predicted octanol–water partition coefficient (Wildman–Crippen LogP) is -4.97. The van der Waals surface area contributed by atoms with Gasteiger partial charge in [0.15, 0.2) is 48.9 Å². The lowest BCUT2D eigenvalue weighted by Crippen LogP contribution is -2.69. The molecule has 5 saturated heterocycles. The van der Waals surface area contributed by atoms with Crippen molar-refractivity contribution in [2.75, 3.05) is 46.8 Å². The van der Waals surface area contributed by atoms with Crippen molar-refractivity contribution in [3.05, 3.63) is 102 Å². The molecule has 5 heterocycles. The van der Waals surface area contributed by atoms with E-state index in [2.05, 4.69) is 0 Å². The van der Waals surface area contributed by atoms with Crippen molar-refractivity contribution in [1.29, 1.82) is 0 Å². The van der Waals surface area contributed by atoms with Crippen LogP contribution < -0.4 is 4.74 Å². The van der Waals surface area contributed by atoms with Crippen LogP contribution in [0.1, 0.15) is 35.3 Å². The summed E-state index contributed by atoms with van der Waals surface area (Å²) in [5.41, 5.74) is 0.405. The number of benzene rings is 3. The van der Waals surface area contributed by atoms with Crippen LogP contribution in [-0.2, 0) is 85.5 Å². The van der Waals surface area contributed by atoms with Gasteiger partial charge in [-0.2, -0.15) is 0 Å². The van der Waals surface area contributed by atoms with E-state index < -0.39 is 216 Å². The van der Waals surface area contributed by atoms with E-state index in [-0.39, 0.29) is 28.4 Å². The number of hydrogen-bond acceptors (Lipinski definition) is 34. The fourth-order valence-corrected chi connectivity index (χ4v) is 10.5. The molecule has 34 nitrogen and oxygen atoms in total. The number of esters is 5. The average Bonchev–Trinajstić information content (AvgIpc) is 1.56. The Hall–Kier alpha value is -6.95. The molecule has 0 aliphatic carbocycles. The second-order valence-corrected chi connectivity index (χ2v) is 22.0. The van der Waals surface area contributed by atoms with Gasteiger partial charge >= 0.3 is 29.8 Å². The van der Waals surface area contributed by atoms with Gasteiger partial charge in [-0.05, 0) is 59.7 Å². The molecule has 0 saturated carbocycles. The average molecular weight is 1340 g/mol. The van der Waals surface area contributed by atoms with Crippen LogP contribution in [0.15, 0.2) is 84.9 Å². The molecule has 0 spiro atoms. The van der Waals surface area contributed by atoms with Crippen LogP contribution in [0.25, 0.3) is 12.2 Å². The molecule has 8 rings (SSSR count). The number of rotatable bonds is 25. The van der Waals surface area contributed by atoms with Gasteiger partial charge in [-0.15, -0.1) is 0 Å². The monoisotopic (exact) mass is 1340 g/mol. The quantitative estimate of drug-likeness (QED) is 0.0215. The van der Waals surface area contributed by atoms with Crippen molar-refractivity contribution in [3.63, 3.8) is 0 Å². The number of phenols is 2. The Kier molecular flexibility index (Phi) is 25.3. The van der Waals surface area contributed by atoms with E-state index in [1.165, 1.54) is 86.0 Å². The smallest absolute Gasteiger partial charge is 0.338 e. The number of aromatic hydroxyl groups is 2. The Bertz CT molecular complexity index is 3060. The Labute approximate surface area is 533 Å². The zero-order valence-corrected chi connectivity index (χ0v) is 50.2. The summed E-state index contributed by atoms with van der Waals surface area (Å²) in [6.45, 7) is -4.51. The molecule has 5 aliphatic heterocycles. The van der Waals surface area contributed by atoms with Crippen LogP contribution >= 0.6 is 0 Å². The molecule has 14 N–H and O–H groups in total. The van der Waals surface area contributed by atoms with Crippen molar-refractivity contribution < 1.29 is 167 Å². The molecule has 0 radical (unpaired) electrons. The van der Waals surface area contributed by atoms with E-state index in [1.807, 2.05) is 0 Å². The van der Waals surface area contributed by atoms with E-state index >= 15 is 0 Å². The Morgan fingerprint density at radius 3 is 1.61 bits per heavy atom. The van der Waals surface area contributed by atoms with Crippen molar-refractivity contribution in [1.82, 2.24) is 0 Å². The maximum atomic E-state index is 14.3. The Balaban J connectivity index is 1.30. The van der Waals surface area contributed by atoms with Gasteiger partial charge in [0.25, 0.3) is 0 Å². The molecular formula is C60H74O34. The number of aliphatic hydroxyl groups excluding tert-OH is 12. The molecule has 0 amide bonds. The number of carbonyl (C=O) groups is 5. The molecule has 24 unspecified atom stereocenters. The zero-order chi connectivity index (χ0) is 68.3. The number of ether oxygens (including phenoxy) is 15. The summed E-state index contributed by atoms with van der Waals surface area (Å²) in [6.07, 6.45) is -45.8. The summed E-state index contributed by atoms with van der Waals surface area (Å²) in [6, 6.07) is 16.3. The molecule has 5 fully saturated rings. The fraction of sp³-hybridized carbons (Fsp3) is 0.550. The molecule has 34 heteroatoms. The van der Waals surface area contributed by atoms with Gasteiger partial charge in [-0.3, -0.25) is 9.59 Å². The van der Waals surface area contributed by atoms with Crippen molar-refractivity contribution in [2.24, 2.45) is 0 Å². The number of hydrogen-bond donors (Lipinski definition) is 14. The summed E-state index contributed by atoms with van der Waals surface area (Å²) in [4.78, 5) is 67.5. The van der Waals surface area contributed by atoms with E-state index in [9.17, 15) is 95.5 Å². The van der Waals surface area contributed by atoms with Gasteiger partial charge in [0.2, 0.25) is 5.79 Å². The standard InChI is InChI=1S/C60H74O34/c1-26(64)81-23-37-43(72)51(89-56-47(76)45(74)41(70)34(20-61)84-56)49(78)58(86-37)90-52-50(88-40(69)18-12-28-9-14-31(66)15-10-28)38(24-82-27(2)65)87-59(53(52)91-57-48(77)46(75)42(71)35(21-62)85-57)94-60(25-83-39(68)17-13-29-11-16-32(67)33(19-29)80-3)54(44(73)36(22-63)93-60)92-55(79)30-7-5-4-6-8-30/h4-19,34-38,41-54,56-59,61-63,66-67,70-78H,20-25H2,1-3H3. The zero-order valence-electron chi connectivity index (χ0n) is 50.2. The molecular weight excluding hydrogens is 1260 g/mol. The van der Waals surface area contributed by atoms with E-state index in [1.54, 1.807) is 6.07 Å². The first-order valence-corrected chi connectivity index (χ1v) is 29.1. The third kappa shape index (κ3) is 17.4. The van der Waals surface area contributed by atoms with Gasteiger partial charge in [-0.25, -0.2) is 14.4 Å². The third-order valence-electron chi connectivity index (χ3n) is 15.5. The molecule has 0 aromatic heterocycles. The van der Waals surface area contributed by atoms with Crippen LogP contribution in [0.4, 0.5) is 0 Å². The highest BCUT2D eigenvalue weighted by Gasteiger charge is 2.64. The number of phenolic OH excluding ortho intramolecular Hbond substituents is 2. The second kappa shape index (κ2) is 32.7. The molecule has 0 bridgehead atoms. The predicted molar refractivity (Wildman–Crippen MR) is 304 cm³/mol. The fourth-order valence-electron chi connectivity index (χ4n) is 10.5. The van der Waals surface area contributed by atoms with E-state index in [0.29, 0.717) is 5.56 Å². The highest BCUT2D eigenvalue weighted by molar-refractivity contribution is 5.90. The highest BCUT2D eigenvalue weighted by Crippen LogP contribution is 2.43. The summed E-state index contributed by atoms with van der Waals surface area (Å²) < 4.78 is 89.0. The topological polar surface area (TPSA) is 507 Å². The lowest BCUT2D eigenvalue weighted by Gasteiger charge is -2.51. The van der Waals surface area contributed by atoms with Crippen LogP contribution in [0.3, 0.4) is 0 Å². The van der Waals surface area contributed by atoms with Crippen LogP contribution in [0, 0.1) is 0 Å².